The molecule has 0 spiro atoms. The summed E-state index contributed by atoms with van der Waals surface area (Å²) < 4.78 is 5.37. The molecule has 1 fully saturated rings. The molecule has 0 radical (unpaired) electrons. The summed E-state index contributed by atoms with van der Waals surface area (Å²) >= 11 is 6.10. The Labute approximate surface area is 145 Å². The lowest BCUT2D eigenvalue weighted by Crippen LogP contribution is -2.37. The van der Waals surface area contributed by atoms with E-state index < -0.39 is 0 Å². The number of hydrogen-bond acceptors (Lipinski definition) is 5. The van der Waals surface area contributed by atoms with Crippen molar-refractivity contribution >= 4 is 23.3 Å². The lowest BCUT2D eigenvalue weighted by atomic mass is 9.82. The van der Waals surface area contributed by atoms with Gasteiger partial charge in [-0.3, -0.25) is 4.79 Å². The number of hydrogen-bond donors (Lipinski definition) is 0. The van der Waals surface area contributed by atoms with Crippen LogP contribution in [0.5, 0.6) is 0 Å². The maximum atomic E-state index is 12.5. The molecule has 1 atom stereocenters. The molecule has 4 rings (SSSR count). The standard InChI is InChI=1S/C18H18ClN3O2/c19-14-3-1-2-12(8-14)13-9-16-15(17(23)10-13)11-20-18(21-16)22-4-6-24-7-5-22/h1-3,8,11,13H,4-7,9-10H2/t13-/m0/s1. The summed E-state index contributed by atoms with van der Waals surface area (Å²) in [7, 11) is 0. The monoisotopic (exact) mass is 343 g/mol. The number of nitrogens with zero attached hydrogens (tertiary/aromatic N) is 3. The quantitative estimate of drug-likeness (QED) is 0.839. The van der Waals surface area contributed by atoms with E-state index in [1.54, 1.807) is 6.20 Å². The maximum Gasteiger partial charge on any atom is 0.225 e. The summed E-state index contributed by atoms with van der Waals surface area (Å²) in [6, 6.07) is 7.74. The Hall–Kier alpha value is -1.98. The largest absolute Gasteiger partial charge is 0.378 e. The molecule has 0 unspecified atom stereocenters. The first-order valence-corrected chi connectivity index (χ1v) is 8.56. The number of ether oxygens (including phenoxy) is 1. The van der Waals surface area contributed by atoms with Gasteiger partial charge in [0.15, 0.2) is 5.78 Å². The van der Waals surface area contributed by atoms with E-state index in [0.29, 0.717) is 36.2 Å². The van der Waals surface area contributed by atoms with Crippen LogP contribution in [0.25, 0.3) is 0 Å². The van der Waals surface area contributed by atoms with Gasteiger partial charge in [-0.25, -0.2) is 9.97 Å². The summed E-state index contributed by atoms with van der Waals surface area (Å²) in [5.41, 5.74) is 2.59. The van der Waals surface area contributed by atoms with Crippen LogP contribution in [0.3, 0.4) is 0 Å². The summed E-state index contributed by atoms with van der Waals surface area (Å²) in [4.78, 5) is 23.7. The van der Waals surface area contributed by atoms with Crippen LogP contribution < -0.4 is 4.90 Å². The molecule has 1 aromatic heterocycles. The Morgan fingerprint density at radius 2 is 2.04 bits per heavy atom. The molecule has 0 bridgehead atoms. The smallest absolute Gasteiger partial charge is 0.225 e. The van der Waals surface area contributed by atoms with Crippen molar-refractivity contribution in [3.63, 3.8) is 0 Å². The van der Waals surface area contributed by atoms with Gasteiger partial charge in [-0.1, -0.05) is 23.7 Å². The van der Waals surface area contributed by atoms with Gasteiger partial charge in [-0.15, -0.1) is 0 Å². The van der Waals surface area contributed by atoms with Gasteiger partial charge in [-0.2, -0.15) is 0 Å². The molecule has 0 amide bonds. The second-order valence-corrected chi connectivity index (χ2v) is 6.65. The number of Topliss-reactive ketones (excluding diaryl/α,β-unsaturated/α-hetero) is 1. The zero-order chi connectivity index (χ0) is 16.5. The van der Waals surface area contributed by atoms with Crippen molar-refractivity contribution in [1.82, 2.24) is 9.97 Å². The summed E-state index contributed by atoms with van der Waals surface area (Å²) in [6.07, 6.45) is 2.90. The molecule has 1 aliphatic carbocycles. The predicted molar refractivity (Wildman–Crippen MR) is 91.9 cm³/mol. The SMILES string of the molecule is O=C1C[C@@H](c2cccc(Cl)c2)Cc2nc(N3CCOCC3)ncc21. The molecule has 2 aromatic rings. The van der Waals surface area contributed by atoms with Crippen LogP contribution in [0.4, 0.5) is 5.95 Å². The first-order valence-electron chi connectivity index (χ1n) is 8.18. The fourth-order valence-corrected chi connectivity index (χ4v) is 3.55. The van der Waals surface area contributed by atoms with Crippen LogP contribution in [0, 0.1) is 0 Å². The first-order chi connectivity index (χ1) is 11.7. The van der Waals surface area contributed by atoms with Crippen molar-refractivity contribution in [3.05, 3.63) is 52.3 Å². The third kappa shape index (κ3) is 3.01. The Kier molecular flexibility index (Phi) is 4.21. The van der Waals surface area contributed by atoms with Gasteiger partial charge < -0.3 is 9.64 Å². The van der Waals surface area contributed by atoms with Crippen LogP contribution in [-0.2, 0) is 11.2 Å². The number of carbonyl (C=O) groups is 1. The molecule has 5 nitrogen and oxygen atoms in total. The fourth-order valence-electron chi connectivity index (χ4n) is 3.35. The zero-order valence-electron chi connectivity index (χ0n) is 13.2. The van der Waals surface area contributed by atoms with Crippen LogP contribution in [0.1, 0.15) is 34.0 Å². The van der Waals surface area contributed by atoms with Gasteiger partial charge in [0.25, 0.3) is 0 Å². The molecule has 24 heavy (non-hydrogen) atoms. The Morgan fingerprint density at radius 1 is 1.21 bits per heavy atom. The highest BCUT2D eigenvalue weighted by atomic mass is 35.5. The number of benzene rings is 1. The molecule has 1 saturated heterocycles. The second kappa shape index (κ2) is 6.49. The zero-order valence-corrected chi connectivity index (χ0v) is 14.0. The van der Waals surface area contributed by atoms with Crippen molar-refractivity contribution in [2.45, 2.75) is 18.8 Å². The number of rotatable bonds is 2. The van der Waals surface area contributed by atoms with Crippen molar-refractivity contribution in [2.75, 3.05) is 31.2 Å². The third-order valence-corrected chi connectivity index (χ3v) is 4.88. The molecule has 0 N–H and O–H groups in total. The van der Waals surface area contributed by atoms with Gasteiger partial charge in [0.1, 0.15) is 0 Å². The molecular weight excluding hydrogens is 326 g/mol. The topological polar surface area (TPSA) is 55.3 Å². The van der Waals surface area contributed by atoms with Crippen molar-refractivity contribution in [3.8, 4) is 0 Å². The molecule has 1 aromatic carbocycles. The van der Waals surface area contributed by atoms with Gasteiger partial charge in [-0.05, 0) is 30.0 Å². The normalized spacial score (nSPS) is 20.8. The van der Waals surface area contributed by atoms with Crippen molar-refractivity contribution in [2.24, 2.45) is 0 Å². The van der Waals surface area contributed by atoms with E-state index in [-0.39, 0.29) is 11.7 Å². The molecule has 0 saturated carbocycles. The lowest BCUT2D eigenvalue weighted by molar-refractivity contribution is 0.0962. The summed E-state index contributed by atoms with van der Waals surface area (Å²) in [5.74, 6) is 0.919. The third-order valence-electron chi connectivity index (χ3n) is 4.64. The number of carbonyl (C=O) groups excluding carboxylic acids is 1. The number of ketones is 1. The maximum absolute atomic E-state index is 12.5. The second-order valence-electron chi connectivity index (χ2n) is 6.21. The van der Waals surface area contributed by atoms with Crippen LogP contribution in [-0.4, -0.2) is 42.1 Å². The fraction of sp³-hybridized carbons (Fsp3) is 0.389. The number of fused-ring (bicyclic) bond motifs is 1. The van der Waals surface area contributed by atoms with Crippen molar-refractivity contribution in [1.29, 1.82) is 0 Å². The minimum Gasteiger partial charge on any atom is -0.378 e. The van der Waals surface area contributed by atoms with E-state index in [4.69, 9.17) is 21.3 Å². The van der Waals surface area contributed by atoms with E-state index in [1.165, 1.54) is 0 Å². The summed E-state index contributed by atoms with van der Waals surface area (Å²) in [5, 5.41) is 0.697. The molecule has 1 aliphatic heterocycles. The van der Waals surface area contributed by atoms with Crippen LogP contribution >= 0.6 is 11.6 Å². The highest BCUT2D eigenvalue weighted by molar-refractivity contribution is 6.30. The Morgan fingerprint density at radius 3 is 2.83 bits per heavy atom. The van der Waals surface area contributed by atoms with E-state index in [1.807, 2.05) is 24.3 Å². The Balaban J connectivity index is 1.64. The number of morpholine rings is 1. The van der Waals surface area contributed by atoms with Crippen LogP contribution in [0.2, 0.25) is 5.02 Å². The van der Waals surface area contributed by atoms with Crippen molar-refractivity contribution < 1.29 is 9.53 Å². The molecule has 6 heteroatoms. The van der Waals surface area contributed by atoms with Crippen LogP contribution in [0.15, 0.2) is 30.5 Å². The van der Waals surface area contributed by atoms with E-state index in [0.717, 1.165) is 30.8 Å². The Bertz CT molecular complexity index is 775. The highest BCUT2D eigenvalue weighted by Gasteiger charge is 2.29. The van der Waals surface area contributed by atoms with Gasteiger partial charge in [0.05, 0.1) is 24.5 Å². The van der Waals surface area contributed by atoms with Gasteiger partial charge in [0, 0.05) is 30.7 Å². The van der Waals surface area contributed by atoms with Gasteiger partial charge >= 0.3 is 0 Å². The minimum atomic E-state index is 0.106. The number of halogens is 1. The average molecular weight is 344 g/mol. The minimum absolute atomic E-state index is 0.106. The number of anilines is 1. The van der Waals surface area contributed by atoms with E-state index in [9.17, 15) is 4.79 Å². The predicted octanol–water partition coefficient (Wildman–Crippen LogP) is 2.88. The molecule has 2 heterocycles. The highest BCUT2D eigenvalue weighted by Crippen LogP contribution is 2.33. The summed E-state index contributed by atoms with van der Waals surface area (Å²) in [6.45, 7) is 2.93. The number of aromatic nitrogens is 2. The molecule has 124 valence electrons. The molecular formula is C18H18ClN3O2. The average Bonchev–Trinajstić information content (AvgIpc) is 2.62. The first kappa shape index (κ1) is 15.5. The molecule has 2 aliphatic rings. The van der Waals surface area contributed by atoms with Gasteiger partial charge in [0.2, 0.25) is 5.95 Å². The lowest BCUT2D eigenvalue weighted by Gasteiger charge is -2.28. The van der Waals surface area contributed by atoms with E-state index >= 15 is 0 Å². The van der Waals surface area contributed by atoms with E-state index in [2.05, 4.69) is 9.88 Å².